The summed E-state index contributed by atoms with van der Waals surface area (Å²) in [4.78, 5) is 37.4. The molecule has 2 unspecified atom stereocenters. The van der Waals surface area contributed by atoms with E-state index in [0.717, 1.165) is 128 Å². The highest BCUT2D eigenvalue weighted by Gasteiger charge is 2.25. The van der Waals surface area contributed by atoms with E-state index in [0.29, 0.717) is 23.9 Å². The largest absolute Gasteiger partial charge is 0.477 e. The van der Waals surface area contributed by atoms with Crippen molar-refractivity contribution >= 4 is 17.9 Å². The molecule has 0 saturated heterocycles. The molecular weight excluding hydrogens is 959 g/mol. The van der Waals surface area contributed by atoms with E-state index in [2.05, 4.69) is 184 Å². The van der Waals surface area contributed by atoms with Crippen LogP contribution in [-0.4, -0.2) is 87.4 Å². The van der Waals surface area contributed by atoms with E-state index >= 15 is 0 Å². The van der Waals surface area contributed by atoms with Gasteiger partial charge >= 0.3 is 17.9 Å². The molecule has 0 heterocycles. The lowest BCUT2D eigenvalue weighted by molar-refractivity contribution is -0.870. The number of unbranched alkanes of at least 4 members (excludes halogenated alkanes) is 8. The van der Waals surface area contributed by atoms with Crippen LogP contribution in [0.3, 0.4) is 0 Å². The number of rotatable bonds is 51. The van der Waals surface area contributed by atoms with Gasteiger partial charge in [-0.1, -0.05) is 216 Å². The molecule has 0 bridgehead atoms. The Labute approximate surface area is 469 Å². The Morgan fingerprint density at radius 3 is 1.08 bits per heavy atom. The van der Waals surface area contributed by atoms with Crippen molar-refractivity contribution in [2.24, 2.45) is 0 Å². The number of aliphatic carboxylic acids is 1. The highest BCUT2D eigenvalue weighted by molar-refractivity contribution is 5.71. The SMILES string of the molecule is CC/C=C\C/C=C\C/C=C\C/C=C\C/C=C\C/C=C\C/C=C\C/C=C\C/C=C\CCCCCCCCCC(=O)OC(COC(=O)CCC/C=C\C/C=C\C/C=C\C/C=C\C/C=C\CC)COC(OCC[N+](C)(C)C)C(=O)O. The third-order valence-electron chi connectivity index (χ3n) is 11.5. The van der Waals surface area contributed by atoms with Crippen molar-refractivity contribution in [1.29, 1.82) is 0 Å². The molecule has 0 aromatic rings. The van der Waals surface area contributed by atoms with Crippen LogP contribution >= 0.6 is 0 Å². The van der Waals surface area contributed by atoms with E-state index in [-0.39, 0.29) is 32.7 Å². The summed E-state index contributed by atoms with van der Waals surface area (Å²) in [6, 6.07) is 0. The van der Waals surface area contributed by atoms with Gasteiger partial charge in [-0.05, 0) is 122 Å². The van der Waals surface area contributed by atoms with Crippen molar-refractivity contribution in [3.63, 3.8) is 0 Å². The number of esters is 2. The molecule has 9 heteroatoms. The molecule has 0 spiro atoms. The molecule has 0 radical (unpaired) electrons. The second kappa shape index (κ2) is 56.8. The van der Waals surface area contributed by atoms with Crippen molar-refractivity contribution < 1.29 is 42.9 Å². The molecule has 2 atom stereocenters. The van der Waals surface area contributed by atoms with E-state index in [1.54, 1.807) is 0 Å². The minimum Gasteiger partial charge on any atom is -0.477 e. The number of hydrogen-bond acceptors (Lipinski definition) is 7. The molecule has 0 aromatic heterocycles. The highest BCUT2D eigenvalue weighted by Crippen LogP contribution is 2.13. The van der Waals surface area contributed by atoms with Gasteiger partial charge in [-0.2, -0.15) is 0 Å². The van der Waals surface area contributed by atoms with E-state index in [4.69, 9.17) is 18.9 Å². The van der Waals surface area contributed by atoms with Gasteiger partial charge in [0.15, 0.2) is 6.10 Å². The molecule has 430 valence electrons. The Bertz CT molecular complexity index is 1860. The van der Waals surface area contributed by atoms with Gasteiger partial charge in [0.1, 0.15) is 13.2 Å². The average Bonchev–Trinajstić information content (AvgIpc) is 3.40. The van der Waals surface area contributed by atoms with Crippen molar-refractivity contribution in [2.45, 2.75) is 193 Å². The number of carbonyl (C=O) groups is 3. The van der Waals surface area contributed by atoms with E-state index in [9.17, 15) is 19.5 Å². The molecular formula is C68H106NO8+. The molecule has 0 fully saturated rings. The van der Waals surface area contributed by atoms with Crippen molar-refractivity contribution in [1.82, 2.24) is 0 Å². The Hall–Kier alpha value is -5.35. The Balaban J connectivity index is 4.33. The summed E-state index contributed by atoms with van der Waals surface area (Å²) in [7, 11) is 5.93. The van der Waals surface area contributed by atoms with Crippen LogP contribution in [-0.2, 0) is 33.3 Å². The number of carbonyl (C=O) groups excluding carboxylic acids is 2. The van der Waals surface area contributed by atoms with Gasteiger partial charge < -0.3 is 28.5 Å². The van der Waals surface area contributed by atoms with Gasteiger partial charge in [0.25, 0.3) is 6.29 Å². The number of likely N-dealkylation sites (N-methyl/N-ethyl adjacent to an activating group) is 1. The second-order valence-corrected chi connectivity index (χ2v) is 19.8. The molecule has 0 aliphatic rings. The summed E-state index contributed by atoms with van der Waals surface area (Å²) in [5, 5.41) is 9.70. The molecule has 0 rings (SSSR count). The van der Waals surface area contributed by atoms with Gasteiger partial charge in [-0.25, -0.2) is 4.79 Å². The lowest BCUT2D eigenvalue weighted by Crippen LogP contribution is -2.40. The third kappa shape index (κ3) is 58.2. The first kappa shape index (κ1) is 71.7. The van der Waals surface area contributed by atoms with Gasteiger partial charge in [0.05, 0.1) is 34.4 Å². The minimum atomic E-state index is -1.54. The number of quaternary nitrogens is 1. The fraction of sp³-hybridized carbons (Fsp3) is 0.544. The van der Waals surface area contributed by atoms with Crippen molar-refractivity contribution in [2.75, 3.05) is 47.5 Å². The highest BCUT2D eigenvalue weighted by atomic mass is 16.7. The van der Waals surface area contributed by atoms with Crippen LogP contribution in [0.15, 0.2) is 170 Å². The number of allylic oxidation sites excluding steroid dienone is 28. The molecule has 0 aromatic carbocycles. The van der Waals surface area contributed by atoms with Gasteiger partial charge in [0.2, 0.25) is 0 Å². The summed E-state index contributed by atoms with van der Waals surface area (Å²) < 4.78 is 22.8. The van der Waals surface area contributed by atoms with E-state index in [1.807, 2.05) is 21.1 Å². The smallest absolute Gasteiger partial charge is 0.361 e. The van der Waals surface area contributed by atoms with Gasteiger partial charge in [0, 0.05) is 12.8 Å². The Morgan fingerprint density at radius 1 is 0.390 bits per heavy atom. The van der Waals surface area contributed by atoms with Gasteiger partial charge in [-0.3, -0.25) is 9.59 Å². The molecule has 0 aliphatic heterocycles. The predicted octanol–water partition coefficient (Wildman–Crippen LogP) is 17.6. The first-order valence-electron chi connectivity index (χ1n) is 29.3. The van der Waals surface area contributed by atoms with E-state index < -0.39 is 30.3 Å². The van der Waals surface area contributed by atoms with E-state index in [1.165, 1.54) is 12.8 Å². The molecule has 0 saturated carbocycles. The number of carboxylic acids is 1. The molecule has 1 N–H and O–H groups in total. The predicted molar refractivity (Wildman–Crippen MR) is 326 cm³/mol. The molecule has 0 amide bonds. The van der Waals surface area contributed by atoms with Crippen LogP contribution in [0.1, 0.15) is 181 Å². The lowest BCUT2D eigenvalue weighted by atomic mass is 10.1. The van der Waals surface area contributed by atoms with Crippen LogP contribution in [0.4, 0.5) is 0 Å². The Morgan fingerprint density at radius 2 is 0.714 bits per heavy atom. The summed E-state index contributed by atoms with van der Waals surface area (Å²) in [6.45, 7) is 4.53. The fourth-order valence-electron chi connectivity index (χ4n) is 7.04. The minimum absolute atomic E-state index is 0.166. The van der Waals surface area contributed by atoms with Crippen LogP contribution < -0.4 is 0 Å². The summed E-state index contributed by atoms with van der Waals surface area (Å²) >= 11 is 0. The average molecular weight is 1070 g/mol. The summed E-state index contributed by atoms with van der Waals surface area (Å²) in [6.07, 6.45) is 83.0. The van der Waals surface area contributed by atoms with Crippen LogP contribution in [0.5, 0.6) is 0 Å². The normalized spacial score (nSPS) is 14.0. The third-order valence-corrected chi connectivity index (χ3v) is 11.5. The number of ether oxygens (including phenoxy) is 4. The second-order valence-electron chi connectivity index (χ2n) is 19.8. The van der Waals surface area contributed by atoms with Crippen LogP contribution in [0.25, 0.3) is 0 Å². The first-order chi connectivity index (χ1) is 37.6. The maximum atomic E-state index is 12.9. The topological polar surface area (TPSA) is 108 Å². The van der Waals surface area contributed by atoms with Crippen LogP contribution in [0.2, 0.25) is 0 Å². The van der Waals surface area contributed by atoms with Crippen molar-refractivity contribution in [3.8, 4) is 0 Å². The monoisotopic (exact) mass is 1060 g/mol. The summed E-state index contributed by atoms with van der Waals surface area (Å²) in [5.74, 6) is -2.12. The number of hydrogen-bond donors (Lipinski definition) is 1. The molecule has 77 heavy (non-hydrogen) atoms. The quantitative estimate of drug-likeness (QED) is 0.0211. The fourth-order valence-corrected chi connectivity index (χ4v) is 7.04. The lowest BCUT2D eigenvalue weighted by Gasteiger charge is -2.25. The standard InChI is InChI=1S/C68H105NO8/c1-6-8-10-12-14-16-18-20-22-24-25-26-27-28-29-30-31-32-33-34-35-36-37-38-39-40-41-43-45-47-49-51-53-55-57-59-66(71)77-64(63-76-68(67(72)73)74-61-60-69(3,4)5)62-75-65(70)58-56-54-52-50-48-46-44-42-23-21-19-17-15-13-11-9-7-2/h8-11,14-17,20-23,25-26,28-29,31-32,34-35,37-38,40-41,44,46,50,52,64,68H,6-7,12-13,18-19,24,27,30,33,36,39,42-43,45,47-49,51,53-63H2,1-5H3/p+1/b10-8-,11-9-,16-14-,17-15-,22-20-,23-21-,26-25-,29-28-,32-31-,35-34-,38-37-,41-40-,46-44-,52-50-. The number of nitrogens with zero attached hydrogens (tertiary/aromatic N) is 1. The maximum absolute atomic E-state index is 12.9. The zero-order valence-electron chi connectivity index (χ0n) is 48.8. The zero-order chi connectivity index (χ0) is 56.2. The maximum Gasteiger partial charge on any atom is 0.361 e. The first-order valence-corrected chi connectivity index (χ1v) is 29.3. The number of carboxylic acid groups (broad SMARTS) is 1. The Kier molecular flexibility index (Phi) is 52.9. The zero-order valence-corrected chi connectivity index (χ0v) is 48.8. The van der Waals surface area contributed by atoms with Crippen LogP contribution in [0, 0.1) is 0 Å². The summed E-state index contributed by atoms with van der Waals surface area (Å²) in [5.41, 5.74) is 0. The molecule has 9 nitrogen and oxygen atoms in total. The molecule has 0 aliphatic carbocycles. The van der Waals surface area contributed by atoms with Crippen molar-refractivity contribution in [3.05, 3.63) is 170 Å². The van der Waals surface area contributed by atoms with Gasteiger partial charge in [-0.15, -0.1) is 0 Å².